The lowest BCUT2D eigenvalue weighted by atomic mass is 9.89. The molecule has 2 heterocycles. The standard InChI is InChI=1S/C24H25N5O2S/c1-5-28(6-2)23(30)19-14(3)27-24-29(22(26)18(13-25)32-24)21(19)20-16-10-8-7-9-15(16)11-12-17(20)31-4/h7-12,21H,5-6,26H2,1-4H3/t21-/m1/s1. The van der Waals surface area contributed by atoms with Gasteiger partial charge in [0, 0.05) is 18.7 Å². The van der Waals surface area contributed by atoms with Gasteiger partial charge in [0.05, 0.1) is 24.4 Å². The van der Waals surface area contributed by atoms with E-state index in [4.69, 9.17) is 10.5 Å². The average molecular weight is 448 g/mol. The third-order valence-electron chi connectivity index (χ3n) is 5.88. The summed E-state index contributed by atoms with van der Waals surface area (Å²) in [4.78, 5) is 22.4. The van der Waals surface area contributed by atoms with E-state index in [2.05, 4.69) is 11.1 Å². The second-order valence-corrected chi connectivity index (χ2v) is 8.45. The van der Waals surface area contributed by atoms with Crippen LogP contribution in [-0.4, -0.2) is 41.1 Å². The summed E-state index contributed by atoms with van der Waals surface area (Å²) in [5, 5.41) is 12.2. The van der Waals surface area contributed by atoms with Gasteiger partial charge in [-0.25, -0.2) is 4.99 Å². The molecule has 2 aromatic rings. The molecule has 4 rings (SSSR count). The number of likely N-dealkylation sites (N-methyl/N-ethyl adjacent to an activating group) is 1. The van der Waals surface area contributed by atoms with Gasteiger partial charge in [-0.3, -0.25) is 9.69 Å². The van der Waals surface area contributed by atoms with Crippen LogP contribution in [-0.2, 0) is 4.79 Å². The van der Waals surface area contributed by atoms with Gasteiger partial charge in [-0.2, -0.15) is 5.26 Å². The first kappa shape index (κ1) is 21.8. The van der Waals surface area contributed by atoms with E-state index in [0.717, 1.165) is 16.3 Å². The SMILES string of the molecule is CCN(CC)C(=O)C1=C(C)N=C2SC(C#N)=C(N)N2[C@H]1c1c(OC)ccc2ccccc12. The highest BCUT2D eigenvalue weighted by atomic mass is 32.2. The first-order valence-corrected chi connectivity index (χ1v) is 11.3. The molecule has 164 valence electrons. The van der Waals surface area contributed by atoms with Crippen LogP contribution in [0.4, 0.5) is 0 Å². The number of amidine groups is 1. The number of rotatable bonds is 5. The van der Waals surface area contributed by atoms with E-state index in [-0.39, 0.29) is 5.91 Å². The number of aliphatic imine (C=N–C) groups is 1. The molecule has 32 heavy (non-hydrogen) atoms. The fourth-order valence-electron chi connectivity index (χ4n) is 4.30. The third-order valence-corrected chi connectivity index (χ3v) is 6.86. The third kappa shape index (κ3) is 3.30. The number of hydrogen-bond acceptors (Lipinski definition) is 7. The molecule has 0 radical (unpaired) electrons. The Morgan fingerprint density at radius 2 is 2.00 bits per heavy atom. The van der Waals surface area contributed by atoms with Gasteiger partial charge in [-0.1, -0.05) is 30.3 Å². The van der Waals surface area contributed by atoms with E-state index >= 15 is 0 Å². The Balaban J connectivity index is 2.05. The lowest BCUT2D eigenvalue weighted by Crippen LogP contribution is -2.42. The van der Waals surface area contributed by atoms with Crippen molar-refractivity contribution in [2.45, 2.75) is 26.8 Å². The van der Waals surface area contributed by atoms with E-state index in [1.165, 1.54) is 11.8 Å². The number of carbonyl (C=O) groups is 1. The Morgan fingerprint density at radius 1 is 1.28 bits per heavy atom. The minimum atomic E-state index is -0.574. The van der Waals surface area contributed by atoms with Crippen LogP contribution in [0.5, 0.6) is 5.75 Å². The zero-order valence-corrected chi connectivity index (χ0v) is 19.4. The van der Waals surface area contributed by atoms with Crippen molar-refractivity contribution >= 4 is 33.6 Å². The second-order valence-electron chi connectivity index (χ2n) is 7.47. The van der Waals surface area contributed by atoms with Crippen LogP contribution in [0.3, 0.4) is 0 Å². The summed E-state index contributed by atoms with van der Waals surface area (Å²) >= 11 is 1.23. The number of carbonyl (C=O) groups excluding carboxylic acids is 1. The maximum Gasteiger partial charge on any atom is 0.254 e. The summed E-state index contributed by atoms with van der Waals surface area (Å²) in [6.45, 7) is 6.90. The number of nitrogens with zero attached hydrogens (tertiary/aromatic N) is 4. The van der Waals surface area contributed by atoms with Crippen molar-refractivity contribution in [3.8, 4) is 11.8 Å². The van der Waals surface area contributed by atoms with Gasteiger partial charge in [-0.05, 0) is 49.4 Å². The number of ether oxygens (including phenoxy) is 1. The van der Waals surface area contributed by atoms with Gasteiger partial charge < -0.3 is 15.4 Å². The van der Waals surface area contributed by atoms with Crippen LogP contribution in [0, 0.1) is 11.3 Å². The maximum atomic E-state index is 13.7. The number of nitrogens with two attached hydrogens (primary N) is 1. The minimum absolute atomic E-state index is 0.0986. The molecular formula is C24H25N5O2S. The highest BCUT2D eigenvalue weighted by Gasteiger charge is 2.44. The van der Waals surface area contributed by atoms with Crippen LogP contribution < -0.4 is 10.5 Å². The number of thioether (sulfide) groups is 1. The Hall–Kier alpha value is -3.44. The number of methoxy groups -OCH3 is 1. The Bertz CT molecular complexity index is 1240. The van der Waals surface area contributed by atoms with Crippen LogP contribution in [0.2, 0.25) is 0 Å². The molecule has 1 atom stereocenters. The molecule has 0 aromatic heterocycles. The van der Waals surface area contributed by atoms with E-state index < -0.39 is 6.04 Å². The first-order chi connectivity index (χ1) is 15.5. The lowest BCUT2D eigenvalue weighted by molar-refractivity contribution is -0.127. The van der Waals surface area contributed by atoms with Gasteiger partial charge in [0.25, 0.3) is 5.91 Å². The molecule has 0 unspecified atom stereocenters. The number of benzene rings is 2. The average Bonchev–Trinajstić information content (AvgIpc) is 3.13. The molecular weight excluding hydrogens is 422 g/mol. The molecule has 2 aliphatic heterocycles. The Morgan fingerprint density at radius 3 is 2.66 bits per heavy atom. The molecule has 0 bridgehead atoms. The van der Waals surface area contributed by atoms with Gasteiger partial charge in [0.2, 0.25) is 0 Å². The van der Waals surface area contributed by atoms with Crippen molar-refractivity contribution < 1.29 is 9.53 Å². The normalized spacial score (nSPS) is 17.9. The molecule has 0 saturated carbocycles. The second kappa shape index (κ2) is 8.60. The quantitative estimate of drug-likeness (QED) is 0.741. The molecule has 8 heteroatoms. The molecule has 0 fully saturated rings. The predicted octanol–water partition coefficient (Wildman–Crippen LogP) is 4.10. The molecule has 2 N–H and O–H groups in total. The van der Waals surface area contributed by atoms with E-state index in [0.29, 0.717) is 46.0 Å². The maximum absolute atomic E-state index is 13.7. The van der Waals surface area contributed by atoms with Crippen LogP contribution in [0.25, 0.3) is 10.8 Å². The summed E-state index contributed by atoms with van der Waals surface area (Å²) in [7, 11) is 1.62. The molecule has 1 amide bonds. The topological polar surface area (TPSA) is 95.0 Å². The number of fused-ring (bicyclic) bond motifs is 2. The number of nitriles is 1. The van der Waals surface area contributed by atoms with Crippen LogP contribution in [0.1, 0.15) is 32.4 Å². The van der Waals surface area contributed by atoms with E-state index in [9.17, 15) is 10.1 Å². The fourth-order valence-corrected chi connectivity index (χ4v) is 5.22. The van der Waals surface area contributed by atoms with Crippen molar-refractivity contribution in [1.82, 2.24) is 9.80 Å². The Labute approximate surface area is 191 Å². The van der Waals surface area contributed by atoms with Crippen molar-refractivity contribution in [1.29, 1.82) is 5.26 Å². The summed E-state index contributed by atoms with van der Waals surface area (Å²) in [5.41, 5.74) is 8.43. The van der Waals surface area contributed by atoms with Crippen molar-refractivity contribution in [3.05, 3.63) is 64.0 Å². The Kier molecular flexibility index (Phi) is 5.85. The van der Waals surface area contributed by atoms with Crippen molar-refractivity contribution in [2.24, 2.45) is 10.7 Å². The van der Waals surface area contributed by atoms with Gasteiger partial charge in [-0.15, -0.1) is 0 Å². The van der Waals surface area contributed by atoms with Crippen LogP contribution in [0.15, 0.2) is 63.4 Å². The van der Waals surface area contributed by atoms with Gasteiger partial charge in [0.15, 0.2) is 5.17 Å². The molecule has 7 nitrogen and oxygen atoms in total. The largest absolute Gasteiger partial charge is 0.496 e. The van der Waals surface area contributed by atoms with Crippen molar-refractivity contribution in [3.63, 3.8) is 0 Å². The number of amides is 1. The molecule has 2 aromatic carbocycles. The van der Waals surface area contributed by atoms with Gasteiger partial charge >= 0.3 is 0 Å². The smallest absolute Gasteiger partial charge is 0.254 e. The first-order valence-electron chi connectivity index (χ1n) is 10.5. The fraction of sp³-hybridized carbons (Fsp3) is 0.292. The van der Waals surface area contributed by atoms with E-state index in [1.54, 1.807) is 16.9 Å². The summed E-state index contributed by atoms with van der Waals surface area (Å²) in [5.74, 6) is 0.850. The molecule has 2 aliphatic rings. The van der Waals surface area contributed by atoms with E-state index in [1.807, 2.05) is 57.2 Å². The summed E-state index contributed by atoms with van der Waals surface area (Å²) in [6, 6.07) is 13.5. The zero-order chi connectivity index (χ0) is 23.0. The van der Waals surface area contributed by atoms with Crippen molar-refractivity contribution in [2.75, 3.05) is 20.2 Å². The highest BCUT2D eigenvalue weighted by molar-refractivity contribution is 8.17. The monoisotopic (exact) mass is 447 g/mol. The number of allylic oxidation sites excluding steroid dienone is 2. The van der Waals surface area contributed by atoms with Crippen LogP contribution >= 0.6 is 11.8 Å². The zero-order valence-electron chi connectivity index (χ0n) is 18.5. The van der Waals surface area contributed by atoms with Gasteiger partial charge in [0.1, 0.15) is 22.5 Å². The minimum Gasteiger partial charge on any atom is -0.496 e. The number of hydrogen-bond donors (Lipinski definition) is 1. The lowest BCUT2D eigenvalue weighted by Gasteiger charge is -2.37. The predicted molar refractivity (Wildman–Crippen MR) is 128 cm³/mol. The molecule has 0 saturated heterocycles. The molecule has 0 spiro atoms. The summed E-state index contributed by atoms with van der Waals surface area (Å²) < 4.78 is 5.78. The molecule has 0 aliphatic carbocycles. The highest BCUT2D eigenvalue weighted by Crippen LogP contribution is 2.49. The summed E-state index contributed by atoms with van der Waals surface area (Å²) in [6.07, 6.45) is 0.